The van der Waals surface area contributed by atoms with Crippen LogP contribution in [0, 0.1) is 17.9 Å². The third kappa shape index (κ3) is 3.20. The number of hydrogen-bond donors (Lipinski definition) is 2. The average Bonchev–Trinajstić information content (AvgIpc) is 3.18. The van der Waals surface area contributed by atoms with Crippen LogP contribution in [-0.2, 0) is 13.2 Å². The lowest BCUT2D eigenvalue weighted by molar-refractivity contribution is 0.281. The van der Waals surface area contributed by atoms with E-state index in [4.69, 9.17) is 6.57 Å². The molecule has 0 unspecified atom stereocenters. The molecule has 0 radical (unpaired) electrons. The van der Waals surface area contributed by atoms with Gasteiger partial charge in [0.2, 0.25) is 0 Å². The summed E-state index contributed by atoms with van der Waals surface area (Å²) in [7, 11) is 0. The number of nitrogens with zero attached hydrogens (tertiary/aromatic N) is 2. The smallest absolute Gasteiger partial charge is 0.273 e. The molecule has 0 spiro atoms. The third-order valence-electron chi connectivity index (χ3n) is 6.25. The fourth-order valence-electron chi connectivity index (χ4n) is 4.58. The topological polar surface area (TPSA) is 85.7 Å². The molecule has 34 heavy (non-hydrogen) atoms. The molecule has 0 aliphatic carbocycles. The summed E-state index contributed by atoms with van der Waals surface area (Å²) in [6.07, 6.45) is 0. The fourth-order valence-corrected chi connectivity index (χ4v) is 4.58. The van der Waals surface area contributed by atoms with Crippen LogP contribution in [0.2, 0.25) is 0 Å². The lowest BCUT2D eigenvalue weighted by Gasteiger charge is -2.14. The summed E-state index contributed by atoms with van der Waals surface area (Å²) in [5.74, 6) is 0. The molecule has 0 amide bonds. The molecular weight excluding hydrogens is 424 g/mol. The highest BCUT2D eigenvalue weighted by Gasteiger charge is 2.20. The van der Waals surface area contributed by atoms with Gasteiger partial charge in [-0.15, -0.1) is 0 Å². The van der Waals surface area contributed by atoms with Crippen LogP contribution in [0.3, 0.4) is 0 Å². The van der Waals surface area contributed by atoms with Crippen molar-refractivity contribution in [1.82, 2.24) is 0 Å². The van der Waals surface area contributed by atoms with Crippen molar-refractivity contribution in [3.63, 3.8) is 0 Å². The van der Waals surface area contributed by atoms with Crippen LogP contribution in [0.15, 0.2) is 77.6 Å². The second kappa shape index (κ2) is 8.42. The summed E-state index contributed by atoms with van der Waals surface area (Å²) in [5, 5.41) is 31.1. The van der Waals surface area contributed by atoms with Gasteiger partial charge in [0.1, 0.15) is 0 Å². The van der Waals surface area contributed by atoms with E-state index in [1.807, 2.05) is 72.8 Å². The molecule has 0 heterocycles. The molecule has 5 aromatic carbocycles. The monoisotopic (exact) mass is 442 g/mol. The van der Waals surface area contributed by atoms with Gasteiger partial charge in [-0.2, -0.15) is 0 Å². The van der Waals surface area contributed by atoms with E-state index < -0.39 is 0 Å². The summed E-state index contributed by atoms with van der Waals surface area (Å²) >= 11 is 0. The van der Waals surface area contributed by atoms with Crippen molar-refractivity contribution in [2.24, 2.45) is 0 Å². The minimum absolute atomic E-state index is 0.0528. The molecule has 0 bridgehead atoms. The lowest BCUT2D eigenvalue weighted by Crippen LogP contribution is -2.21. The van der Waals surface area contributed by atoms with E-state index in [2.05, 4.69) is 4.85 Å². The maximum absolute atomic E-state index is 13.3. The Bertz CT molecular complexity index is 1670. The van der Waals surface area contributed by atoms with Crippen molar-refractivity contribution in [2.75, 3.05) is 0 Å². The molecule has 5 heteroatoms. The molecule has 0 saturated heterocycles. The highest BCUT2D eigenvalue weighted by molar-refractivity contribution is 6.21. The van der Waals surface area contributed by atoms with Crippen LogP contribution in [0.1, 0.15) is 11.1 Å². The van der Waals surface area contributed by atoms with Crippen LogP contribution in [0.4, 0.5) is 0 Å². The minimum Gasteiger partial charge on any atom is -0.392 e. The summed E-state index contributed by atoms with van der Waals surface area (Å²) in [6, 6.07) is 24.4. The van der Waals surface area contributed by atoms with Gasteiger partial charge in [-0.05, 0) is 50.2 Å². The Morgan fingerprint density at radius 1 is 0.765 bits per heavy atom. The van der Waals surface area contributed by atoms with Crippen molar-refractivity contribution < 1.29 is 10.2 Å². The number of benzene rings is 4. The Hall–Kier alpha value is -4.55. The number of nitriles is 1. The quantitative estimate of drug-likeness (QED) is 0.405. The van der Waals surface area contributed by atoms with Gasteiger partial charge in [0, 0.05) is 16.0 Å². The van der Waals surface area contributed by atoms with Crippen LogP contribution in [0.25, 0.3) is 54.3 Å². The van der Waals surface area contributed by atoms with Gasteiger partial charge in [-0.1, -0.05) is 66.7 Å². The first-order valence-corrected chi connectivity index (χ1v) is 10.7. The lowest BCUT2D eigenvalue weighted by atomic mass is 9.89. The molecule has 0 fully saturated rings. The van der Waals surface area contributed by atoms with Gasteiger partial charge in [0.25, 0.3) is 5.70 Å². The summed E-state index contributed by atoms with van der Waals surface area (Å²) in [5.41, 5.74) is 4.72. The number of aliphatic hydroxyl groups is 2. The molecule has 0 saturated carbocycles. The molecule has 0 aliphatic heterocycles. The molecule has 0 aromatic heterocycles. The molecule has 0 aliphatic rings. The number of aliphatic hydroxyl groups excluding tert-OH is 2. The standard InChI is InChI=1S/C29H18N2O3/c1-31-25(14-30)28-23-12-10-21(19-6-2-17(15-32)3-7-19)26-22(11-13-24(27(23)26)29(28)34)20-8-4-18(16-33)5-9-20/h2-13,32-33H,15-16H2/b28-25-. The number of hydrogen-bond acceptors (Lipinski definition) is 4. The van der Waals surface area contributed by atoms with Crippen LogP contribution < -0.4 is 10.6 Å². The van der Waals surface area contributed by atoms with E-state index in [0.29, 0.717) is 10.8 Å². The van der Waals surface area contributed by atoms with E-state index in [9.17, 15) is 20.3 Å². The van der Waals surface area contributed by atoms with Crippen molar-refractivity contribution in [1.29, 1.82) is 5.26 Å². The minimum atomic E-state index is -0.317. The zero-order valence-corrected chi connectivity index (χ0v) is 18.0. The van der Waals surface area contributed by atoms with Crippen LogP contribution in [0.5, 0.6) is 0 Å². The van der Waals surface area contributed by atoms with Crippen molar-refractivity contribution in [3.05, 3.63) is 111 Å². The second-order valence-corrected chi connectivity index (χ2v) is 8.06. The first-order chi connectivity index (χ1) is 16.6. The molecule has 5 nitrogen and oxygen atoms in total. The summed E-state index contributed by atoms with van der Waals surface area (Å²) in [4.78, 5) is 16.6. The van der Waals surface area contributed by atoms with E-state index in [0.717, 1.165) is 44.2 Å². The van der Waals surface area contributed by atoms with Crippen LogP contribution in [-0.4, -0.2) is 10.2 Å². The maximum atomic E-state index is 13.3. The number of rotatable bonds is 4. The highest BCUT2D eigenvalue weighted by atomic mass is 16.3. The second-order valence-electron chi connectivity index (χ2n) is 8.06. The van der Waals surface area contributed by atoms with Gasteiger partial charge in [-0.25, -0.2) is 10.1 Å². The SMILES string of the molecule is [C-]#[N+]/C(C#N)=c1\c(=O)c2ccc(-c3ccc(CO)cc3)c3c(-c4ccc(CO)cc4)ccc1c32. The first-order valence-electron chi connectivity index (χ1n) is 10.7. The van der Waals surface area contributed by atoms with E-state index in [1.54, 1.807) is 6.07 Å². The van der Waals surface area contributed by atoms with Crippen LogP contribution >= 0.6 is 0 Å². The Morgan fingerprint density at radius 3 is 1.71 bits per heavy atom. The first kappa shape index (κ1) is 21.3. The molecule has 5 rings (SSSR count). The normalized spacial score (nSPS) is 12.0. The van der Waals surface area contributed by atoms with Crippen molar-refractivity contribution in [2.45, 2.75) is 13.2 Å². The predicted molar refractivity (Wildman–Crippen MR) is 132 cm³/mol. The average molecular weight is 442 g/mol. The zero-order valence-electron chi connectivity index (χ0n) is 18.0. The van der Waals surface area contributed by atoms with Gasteiger partial charge in [-0.3, -0.25) is 4.79 Å². The molecule has 2 N–H and O–H groups in total. The Morgan fingerprint density at radius 2 is 1.26 bits per heavy atom. The van der Waals surface area contributed by atoms with Crippen molar-refractivity contribution in [3.8, 4) is 28.3 Å². The fraction of sp³-hybridized carbons (Fsp3) is 0.0690. The third-order valence-corrected chi connectivity index (χ3v) is 6.25. The van der Waals surface area contributed by atoms with Crippen molar-refractivity contribution >= 4 is 27.2 Å². The van der Waals surface area contributed by atoms with Gasteiger partial charge in [0.05, 0.1) is 25.9 Å². The Labute approximate surface area is 195 Å². The summed E-state index contributed by atoms with van der Waals surface area (Å²) < 4.78 is 0. The molecule has 0 atom stereocenters. The van der Waals surface area contributed by atoms with Gasteiger partial charge >= 0.3 is 0 Å². The Kier molecular flexibility index (Phi) is 5.28. The molecular formula is C29H18N2O3. The van der Waals surface area contributed by atoms with Gasteiger partial charge in [0.15, 0.2) is 5.43 Å². The maximum Gasteiger partial charge on any atom is 0.273 e. The van der Waals surface area contributed by atoms with E-state index >= 15 is 0 Å². The van der Waals surface area contributed by atoms with E-state index in [1.165, 1.54) is 0 Å². The van der Waals surface area contributed by atoms with E-state index in [-0.39, 0.29) is 29.6 Å². The zero-order chi connectivity index (χ0) is 23.8. The highest BCUT2D eigenvalue weighted by Crippen LogP contribution is 2.40. The summed E-state index contributed by atoms with van der Waals surface area (Å²) in [6.45, 7) is 7.29. The predicted octanol–water partition coefficient (Wildman–Crippen LogP) is 4.38. The van der Waals surface area contributed by atoms with Gasteiger partial charge < -0.3 is 10.2 Å². The molecule has 162 valence electrons. The molecule has 5 aromatic rings. The largest absolute Gasteiger partial charge is 0.392 e. The Balaban J connectivity index is 1.96.